The van der Waals surface area contributed by atoms with Gasteiger partial charge in [0.05, 0.1) is 0 Å². The molecular weight excluding hydrogens is 266 g/mol. The first-order valence-electron chi connectivity index (χ1n) is 8.11. The van der Waals surface area contributed by atoms with Crippen LogP contribution in [0.15, 0.2) is 60.5 Å². The number of hydrogen-bond donors (Lipinski definition) is 0. The molecule has 0 bridgehead atoms. The molecule has 0 radical (unpaired) electrons. The first-order chi connectivity index (χ1) is 10.5. The Kier molecular flexibility index (Phi) is 4.06. The van der Waals surface area contributed by atoms with Crippen molar-refractivity contribution in [2.24, 2.45) is 5.92 Å². The minimum atomic E-state index is 0.587. The lowest BCUT2D eigenvalue weighted by Crippen LogP contribution is -2.13. The average Bonchev–Trinajstić information content (AvgIpc) is 2.87. The van der Waals surface area contributed by atoms with Crippen molar-refractivity contribution in [3.63, 3.8) is 0 Å². The van der Waals surface area contributed by atoms with Crippen molar-refractivity contribution in [1.82, 2.24) is 4.90 Å². The third-order valence-electron chi connectivity index (χ3n) is 4.74. The average molecular weight is 291 g/mol. The molecule has 0 saturated carbocycles. The van der Waals surface area contributed by atoms with Crippen LogP contribution >= 0.6 is 0 Å². The lowest BCUT2D eigenvalue weighted by molar-refractivity contribution is 0.525. The third-order valence-corrected chi connectivity index (χ3v) is 4.74. The molecule has 1 aliphatic heterocycles. The number of allylic oxidation sites excluding steroid dienone is 5. The molecule has 1 atom stereocenters. The molecule has 114 valence electrons. The predicted molar refractivity (Wildman–Crippen MR) is 95.4 cm³/mol. The van der Waals surface area contributed by atoms with E-state index in [2.05, 4.69) is 75.0 Å². The zero-order valence-corrected chi connectivity index (χ0v) is 13.9. The summed E-state index contributed by atoms with van der Waals surface area (Å²) in [4.78, 5) is 2.23. The van der Waals surface area contributed by atoms with Gasteiger partial charge in [0, 0.05) is 24.9 Å². The summed E-state index contributed by atoms with van der Waals surface area (Å²) in [6.45, 7) is 8.39. The SMILES string of the molecule is C=C(C)c1cc(C)ccc1CCC1=CC=C2C(C=CN2C)C1. The van der Waals surface area contributed by atoms with Gasteiger partial charge >= 0.3 is 0 Å². The highest BCUT2D eigenvalue weighted by atomic mass is 15.1. The monoisotopic (exact) mass is 291 g/mol. The zero-order valence-electron chi connectivity index (χ0n) is 13.9. The molecule has 1 heteroatoms. The first-order valence-corrected chi connectivity index (χ1v) is 8.11. The van der Waals surface area contributed by atoms with Crippen LogP contribution in [0, 0.1) is 12.8 Å². The second-order valence-corrected chi connectivity index (χ2v) is 6.62. The largest absolute Gasteiger partial charge is 0.354 e. The normalized spacial score (nSPS) is 19.8. The maximum atomic E-state index is 4.13. The first kappa shape index (κ1) is 14.9. The van der Waals surface area contributed by atoms with Crippen LogP contribution in [-0.4, -0.2) is 11.9 Å². The van der Waals surface area contributed by atoms with Crippen molar-refractivity contribution >= 4 is 5.57 Å². The van der Waals surface area contributed by atoms with Gasteiger partial charge in [0.1, 0.15) is 0 Å². The fraction of sp³-hybridized carbons (Fsp3) is 0.333. The van der Waals surface area contributed by atoms with Crippen molar-refractivity contribution in [3.05, 3.63) is 77.2 Å². The van der Waals surface area contributed by atoms with Crippen LogP contribution in [0.1, 0.15) is 36.5 Å². The van der Waals surface area contributed by atoms with E-state index < -0.39 is 0 Å². The molecule has 0 aromatic heterocycles. The molecule has 1 aromatic carbocycles. The maximum absolute atomic E-state index is 4.13. The molecule has 2 aliphatic rings. The molecule has 22 heavy (non-hydrogen) atoms. The van der Waals surface area contributed by atoms with Crippen molar-refractivity contribution in [3.8, 4) is 0 Å². The molecule has 3 rings (SSSR count). The van der Waals surface area contributed by atoms with Gasteiger partial charge in [-0.25, -0.2) is 0 Å². The van der Waals surface area contributed by atoms with Gasteiger partial charge in [-0.1, -0.05) is 53.6 Å². The van der Waals surface area contributed by atoms with E-state index in [0.717, 1.165) is 12.8 Å². The Morgan fingerprint density at radius 1 is 1.27 bits per heavy atom. The van der Waals surface area contributed by atoms with Crippen LogP contribution in [0.25, 0.3) is 5.57 Å². The van der Waals surface area contributed by atoms with Crippen LogP contribution in [0.2, 0.25) is 0 Å². The standard InChI is InChI=1S/C21H25N/c1-15(2)20-13-16(3)5-8-18(20)9-6-17-7-10-21-19(14-17)11-12-22(21)4/h5,7-8,10-13,19H,1,6,9,14H2,2-4H3. The molecule has 1 nitrogen and oxygen atoms in total. The van der Waals surface area contributed by atoms with E-state index in [9.17, 15) is 0 Å². The van der Waals surface area contributed by atoms with Crippen molar-refractivity contribution in [2.75, 3.05) is 7.05 Å². The number of hydrogen-bond acceptors (Lipinski definition) is 1. The molecule has 0 spiro atoms. The molecule has 1 aromatic rings. The third kappa shape index (κ3) is 2.94. The highest BCUT2D eigenvalue weighted by Gasteiger charge is 2.23. The lowest BCUT2D eigenvalue weighted by atomic mass is 9.88. The van der Waals surface area contributed by atoms with Gasteiger partial charge in [0.25, 0.3) is 0 Å². The van der Waals surface area contributed by atoms with Gasteiger partial charge in [0.15, 0.2) is 0 Å². The molecule has 1 heterocycles. The van der Waals surface area contributed by atoms with Crippen molar-refractivity contribution < 1.29 is 0 Å². The van der Waals surface area contributed by atoms with Crippen LogP contribution in [0.5, 0.6) is 0 Å². The quantitative estimate of drug-likeness (QED) is 0.732. The Morgan fingerprint density at radius 2 is 2.09 bits per heavy atom. The zero-order chi connectivity index (χ0) is 15.7. The Morgan fingerprint density at radius 3 is 2.86 bits per heavy atom. The maximum Gasteiger partial charge on any atom is 0.0244 e. The summed E-state index contributed by atoms with van der Waals surface area (Å²) < 4.78 is 0. The van der Waals surface area contributed by atoms with Crippen molar-refractivity contribution in [2.45, 2.75) is 33.1 Å². The Balaban J connectivity index is 1.72. The molecule has 1 unspecified atom stereocenters. The minimum absolute atomic E-state index is 0.587. The Labute approximate surface area is 134 Å². The van der Waals surface area contributed by atoms with Gasteiger partial charge in [-0.15, -0.1) is 0 Å². The smallest absolute Gasteiger partial charge is 0.0244 e. The lowest BCUT2D eigenvalue weighted by Gasteiger charge is -2.22. The fourth-order valence-electron chi connectivity index (χ4n) is 3.43. The minimum Gasteiger partial charge on any atom is -0.354 e. The highest BCUT2D eigenvalue weighted by molar-refractivity contribution is 5.65. The second kappa shape index (κ2) is 6.00. The van der Waals surface area contributed by atoms with Gasteiger partial charge in [-0.05, 0) is 50.3 Å². The highest BCUT2D eigenvalue weighted by Crippen LogP contribution is 2.34. The van der Waals surface area contributed by atoms with Gasteiger partial charge < -0.3 is 4.90 Å². The summed E-state index contributed by atoms with van der Waals surface area (Å²) in [5, 5.41) is 0. The number of fused-ring (bicyclic) bond motifs is 1. The van der Waals surface area contributed by atoms with Crippen molar-refractivity contribution in [1.29, 1.82) is 0 Å². The van der Waals surface area contributed by atoms with E-state index in [-0.39, 0.29) is 0 Å². The summed E-state index contributed by atoms with van der Waals surface area (Å²) in [6.07, 6.45) is 12.5. The topological polar surface area (TPSA) is 3.24 Å². The molecule has 0 saturated heterocycles. The molecule has 1 aliphatic carbocycles. The fourth-order valence-corrected chi connectivity index (χ4v) is 3.43. The molecule has 0 fully saturated rings. The number of rotatable bonds is 4. The molecule has 0 amide bonds. The van der Waals surface area contributed by atoms with Gasteiger partial charge in [0.2, 0.25) is 0 Å². The van der Waals surface area contributed by atoms with E-state index >= 15 is 0 Å². The summed E-state index contributed by atoms with van der Waals surface area (Å²) in [5.74, 6) is 0.587. The van der Waals surface area contributed by atoms with Crippen LogP contribution < -0.4 is 0 Å². The predicted octanol–water partition coefficient (Wildman–Crippen LogP) is 5.25. The summed E-state index contributed by atoms with van der Waals surface area (Å²) in [7, 11) is 2.13. The summed E-state index contributed by atoms with van der Waals surface area (Å²) >= 11 is 0. The van der Waals surface area contributed by atoms with Crippen LogP contribution in [0.3, 0.4) is 0 Å². The van der Waals surface area contributed by atoms with E-state index in [0.29, 0.717) is 5.92 Å². The summed E-state index contributed by atoms with van der Waals surface area (Å²) in [6, 6.07) is 6.75. The second-order valence-electron chi connectivity index (χ2n) is 6.62. The van der Waals surface area contributed by atoms with E-state index in [1.807, 2.05) is 0 Å². The van der Waals surface area contributed by atoms with E-state index in [1.54, 1.807) is 5.57 Å². The Bertz CT molecular complexity index is 688. The van der Waals surface area contributed by atoms with Crippen LogP contribution in [-0.2, 0) is 6.42 Å². The number of nitrogens with zero attached hydrogens (tertiary/aromatic N) is 1. The molecule has 0 N–H and O–H groups in total. The van der Waals surface area contributed by atoms with E-state index in [4.69, 9.17) is 0 Å². The number of aryl methyl sites for hydroxylation is 2. The van der Waals surface area contributed by atoms with E-state index in [1.165, 1.54) is 34.4 Å². The molecular formula is C21H25N. The summed E-state index contributed by atoms with van der Waals surface area (Å²) in [5.41, 5.74) is 8.22. The van der Waals surface area contributed by atoms with Gasteiger partial charge in [-0.3, -0.25) is 0 Å². The number of benzene rings is 1. The van der Waals surface area contributed by atoms with Crippen LogP contribution in [0.4, 0.5) is 0 Å². The Hall–Kier alpha value is -2.02. The van der Waals surface area contributed by atoms with Gasteiger partial charge in [-0.2, -0.15) is 0 Å².